The smallest absolute Gasteiger partial charge is 0.416 e. The molecule has 0 bridgehead atoms. The van der Waals surface area contributed by atoms with Crippen LogP contribution in [-0.4, -0.2) is 17.3 Å². The molecule has 1 heterocycles. The quantitative estimate of drug-likeness (QED) is 0.661. The minimum Gasteiger partial charge on any atom is -0.497 e. The number of nitrogens with zero attached hydrogens (tertiary/aromatic N) is 2. The molecule has 0 atom stereocenters. The van der Waals surface area contributed by atoms with Gasteiger partial charge >= 0.3 is 6.18 Å². The lowest BCUT2D eigenvalue weighted by Gasteiger charge is -2.10. The highest BCUT2D eigenvalue weighted by Crippen LogP contribution is 2.34. The van der Waals surface area contributed by atoms with E-state index in [1.165, 1.54) is 19.2 Å². The fourth-order valence-electron chi connectivity index (χ4n) is 2.26. The standard InChI is InChI=1S/C16H10ClF3N2O/c1-23-11-6-7-12-13(8-11)15(17)22-21-14(12)9-2-4-10(5-3-9)16(18,19)20/h2-8H,1H3. The molecule has 0 aliphatic carbocycles. The first kappa shape index (κ1) is 15.6. The second kappa shape index (κ2) is 5.70. The number of alkyl halides is 3. The van der Waals surface area contributed by atoms with Gasteiger partial charge in [-0.25, -0.2) is 0 Å². The van der Waals surface area contributed by atoms with Crippen LogP contribution in [0.1, 0.15) is 5.56 Å². The van der Waals surface area contributed by atoms with E-state index in [1.54, 1.807) is 18.2 Å². The first-order valence-corrected chi connectivity index (χ1v) is 6.95. The third kappa shape index (κ3) is 2.94. The maximum absolute atomic E-state index is 12.7. The molecule has 0 amide bonds. The summed E-state index contributed by atoms with van der Waals surface area (Å²) in [4.78, 5) is 0. The van der Waals surface area contributed by atoms with Gasteiger partial charge in [-0.05, 0) is 30.3 Å². The van der Waals surface area contributed by atoms with Crippen molar-refractivity contribution in [2.45, 2.75) is 6.18 Å². The van der Waals surface area contributed by atoms with Crippen molar-refractivity contribution in [2.75, 3.05) is 7.11 Å². The van der Waals surface area contributed by atoms with E-state index in [0.29, 0.717) is 27.8 Å². The molecular weight excluding hydrogens is 329 g/mol. The predicted molar refractivity (Wildman–Crippen MR) is 81.5 cm³/mol. The molecule has 0 saturated heterocycles. The molecular formula is C16H10ClF3N2O. The van der Waals surface area contributed by atoms with Gasteiger partial charge in [-0.1, -0.05) is 23.7 Å². The van der Waals surface area contributed by atoms with Crippen LogP contribution in [0.15, 0.2) is 42.5 Å². The Labute approximate surface area is 134 Å². The Bertz CT molecular complexity index is 864. The van der Waals surface area contributed by atoms with Gasteiger partial charge in [0.1, 0.15) is 11.4 Å². The van der Waals surface area contributed by atoms with Crippen LogP contribution >= 0.6 is 11.6 Å². The third-order valence-electron chi connectivity index (χ3n) is 3.43. The molecule has 3 aromatic rings. The van der Waals surface area contributed by atoms with Crippen molar-refractivity contribution in [1.82, 2.24) is 10.2 Å². The summed E-state index contributed by atoms with van der Waals surface area (Å²) in [6, 6.07) is 9.95. The van der Waals surface area contributed by atoms with E-state index in [2.05, 4.69) is 10.2 Å². The second-order valence-corrected chi connectivity index (χ2v) is 5.18. The molecule has 0 spiro atoms. The Hall–Kier alpha value is -2.34. The van der Waals surface area contributed by atoms with Gasteiger partial charge in [0.2, 0.25) is 0 Å². The zero-order chi connectivity index (χ0) is 16.6. The molecule has 0 aliphatic rings. The lowest BCUT2D eigenvalue weighted by molar-refractivity contribution is -0.137. The summed E-state index contributed by atoms with van der Waals surface area (Å²) in [6.07, 6.45) is -4.38. The van der Waals surface area contributed by atoms with Gasteiger partial charge in [-0.15, -0.1) is 10.2 Å². The summed E-state index contributed by atoms with van der Waals surface area (Å²) < 4.78 is 43.1. The molecule has 3 rings (SSSR count). The van der Waals surface area contributed by atoms with Gasteiger partial charge in [0.15, 0.2) is 5.15 Å². The minimum atomic E-state index is -4.38. The first-order valence-electron chi connectivity index (χ1n) is 6.57. The average Bonchev–Trinajstić information content (AvgIpc) is 2.54. The van der Waals surface area contributed by atoms with Crippen molar-refractivity contribution in [3.63, 3.8) is 0 Å². The third-order valence-corrected chi connectivity index (χ3v) is 3.71. The number of halogens is 4. The number of methoxy groups -OCH3 is 1. The largest absolute Gasteiger partial charge is 0.497 e. The maximum atomic E-state index is 12.7. The van der Waals surface area contributed by atoms with Crippen LogP contribution < -0.4 is 4.74 Å². The van der Waals surface area contributed by atoms with E-state index >= 15 is 0 Å². The normalized spacial score (nSPS) is 11.7. The van der Waals surface area contributed by atoms with Crippen molar-refractivity contribution >= 4 is 22.4 Å². The number of rotatable bonds is 2. The maximum Gasteiger partial charge on any atom is 0.416 e. The SMILES string of the molecule is COc1ccc2c(-c3ccc(C(F)(F)F)cc3)nnc(Cl)c2c1. The lowest BCUT2D eigenvalue weighted by Crippen LogP contribution is -2.04. The van der Waals surface area contributed by atoms with Crippen LogP contribution in [-0.2, 0) is 6.18 Å². The Morgan fingerprint density at radius 3 is 2.26 bits per heavy atom. The van der Waals surface area contributed by atoms with E-state index in [1.807, 2.05) is 0 Å². The van der Waals surface area contributed by atoms with Crippen LogP contribution in [0, 0.1) is 0 Å². The molecule has 0 N–H and O–H groups in total. The van der Waals surface area contributed by atoms with Crippen LogP contribution in [0.2, 0.25) is 5.15 Å². The molecule has 3 nitrogen and oxygen atoms in total. The zero-order valence-electron chi connectivity index (χ0n) is 11.9. The second-order valence-electron chi connectivity index (χ2n) is 4.83. The summed E-state index contributed by atoms with van der Waals surface area (Å²) >= 11 is 6.05. The van der Waals surface area contributed by atoms with Gasteiger partial charge in [-0.2, -0.15) is 13.2 Å². The number of fused-ring (bicyclic) bond motifs is 1. The van der Waals surface area contributed by atoms with Crippen LogP contribution in [0.5, 0.6) is 5.75 Å². The van der Waals surface area contributed by atoms with Gasteiger partial charge < -0.3 is 4.74 Å². The van der Waals surface area contributed by atoms with Gasteiger partial charge in [0.25, 0.3) is 0 Å². The number of aromatic nitrogens is 2. The number of hydrogen-bond acceptors (Lipinski definition) is 3. The first-order chi connectivity index (χ1) is 10.9. The highest BCUT2D eigenvalue weighted by molar-refractivity contribution is 6.34. The van der Waals surface area contributed by atoms with Crippen molar-refractivity contribution in [3.05, 3.63) is 53.2 Å². The van der Waals surface area contributed by atoms with Gasteiger partial charge in [-0.3, -0.25) is 0 Å². The van der Waals surface area contributed by atoms with Crippen molar-refractivity contribution < 1.29 is 17.9 Å². The van der Waals surface area contributed by atoms with Crippen LogP contribution in [0.3, 0.4) is 0 Å². The topological polar surface area (TPSA) is 35.0 Å². The molecule has 2 aromatic carbocycles. The highest BCUT2D eigenvalue weighted by atomic mass is 35.5. The molecule has 0 saturated carbocycles. The van der Waals surface area contributed by atoms with Crippen molar-refractivity contribution in [1.29, 1.82) is 0 Å². The lowest BCUT2D eigenvalue weighted by atomic mass is 10.0. The molecule has 0 aliphatic heterocycles. The Kier molecular flexibility index (Phi) is 3.85. The Morgan fingerprint density at radius 2 is 1.65 bits per heavy atom. The molecule has 1 aromatic heterocycles. The molecule has 23 heavy (non-hydrogen) atoms. The number of hydrogen-bond donors (Lipinski definition) is 0. The number of ether oxygens (including phenoxy) is 1. The summed E-state index contributed by atoms with van der Waals surface area (Å²) in [5, 5.41) is 9.40. The molecule has 0 unspecified atom stereocenters. The fraction of sp³-hybridized carbons (Fsp3) is 0.125. The van der Waals surface area contributed by atoms with Gasteiger partial charge in [0, 0.05) is 16.3 Å². The van der Waals surface area contributed by atoms with Crippen molar-refractivity contribution in [2.24, 2.45) is 0 Å². The van der Waals surface area contributed by atoms with Crippen LogP contribution in [0.25, 0.3) is 22.0 Å². The molecule has 0 radical (unpaired) electrons. The predicted octanol–water partition coefficient (Wildman–Crippen LogP) is 4.98. The summed E-state index contributed by atoms with van der Waals surface area (Å²) in [5.74, 6) is 0.603. The summed E-state index contributed by atoms with van der Waals surface area (Å²) in [6.45, 7) is 0. The van der Waals surface area contributed by atoms with E-state index in [0.717, 1.165) is 12.1 Å². The van der Waals surface area contributed by atoms with E-state index in [4.69, 9.17) is 16.3 Å². The molecule has 118 valence electrons. The van der Waals surface area contributed by atoms with Crippen molar-refractivity contribution in [3.8, 4) is 17.0 Å². The fourth-order valence-corrected chi connectivity index (χ4v) is 2.45. The monoisotopic (exact) mass is 338 g/mol. The van der Waals surface area contributed by atoms with E-state index in [9.17, 15) is 13.2 Å². The summed E-state index contributed by atoms with van der Waals surface area (Å²) in [7, 11) is 1.53. The zero-order valence-corrected chi connectivity index (χ0v) is 12.6. The van der Waals surface area contributed by atoms with Gasteiger partial charge in [0.05, 0.1) is 12.7 Å². The van der Waals surface area contributed by atoms with E-state index in [-0.39, 0.29) is 5.15 Å². The number of benzene rings is 2. The Morgan fingerprint density at radius 1 is 0.957 bits per heavy atom. The Balaban J connectivity index is 2.15. The molecule has 0 fully saturated rings. The summed E-state index contributed by atoms with van der Waals surface area (Å²) in [5.41, 5.74) is 0.271. The molecule has 7 heteroatoms. The average molecular weight is 339 g/mol. The minimum absolute atomic E-state index is 0.203. The highest BCUT2D eigenvalue weighted by Gasteiger charge is 2.30. The van der Waals surface area contributed by atoms with E-state index < -0.39 is 11.7 Å². The van der Waals surface area contributed by atoms with Crippen LogP contribution in [0.4, 0.5) is 13.2 Å².